The summed E-state index contributed by atoms with van der Waals surface area (Å²) in [7, 11) is -2.28. The molecule has 6 heteroatoms. The summed E-state index contributed by atoms with van der Waals surface area (Å²) < 4.78 is 11.4. The van der Waals surface area contributed by atoms with E-state index in [1.54, 1.807) is 0 Å². The summed E-state index contributed by atoms with van der Waals surface area (Å²) in [5.74, 6) is 4.77. The van der Waals surface area contributed by atoms with Gasteiger partial charge in [0.2, 0.25) is 0 Å². The predicted octanol–water partition coefficient (Wildman–Crippen LogP) is 11.7. The maximum absolute atomic E-state index is 7.19. The second-order valence-corrected chi connectivity index (χ2v) is 19.5. The van der Waals surface area contributed by atoms with Gasteiger partial charge in [-0.2, -0.15) is 0 Å². The molecule has 0 aliphatic carbocycles. The van der Waals surface area contributed by atoms with E-state index in [9.17, 15) is 0 Å². The number of para-hydroxylation sites is 4. The Hall–Kier alpha value is -5.96. The fourth-order valence-electron chi connectivity index (χ4n) is 7.98. The molecule has 0 saturated carbocycles. The number of rotatable bonds is 6. The maximum Gasteiger partial charge on any atom is 1.00 e. The molecule has 0 aliphatic heterocycles. The molecule has 0 atom stereocenters. The van der Waals surface area contributed by atoms with Crippen molar-refractivity contribution >= 4 is 91.5 Å². The summed E-state index contributed by atoms with van der Waals surface area (Å²) in [6.07, 6.45) is 14.4. The summed E-state index contributed by atoms with van der Waals surface area (Å²) in [5.41, 5.74) is 4.60. The molecule has 0 unspecified atom stereocenters. The molecule has 314 valence electrons. The molecule has 0 amide bonds. The molecule has 0 radical (unpaired) electrons. The van der Waals surface area contributed by atoms with E-state index in [0.29, 0.717) is 11.1 Å². The molecule has 2 nitrogen and oxygen atoms in total. The zero-order valence-corrected chi connectivity index (χ0v) is 40.7. The van der Waals surface area contributed by atoms with Crippen LogP contribution in [0.1, 0.15) is 11.1 Å². The zero-order chi connectivity index (χ0) is 42.1. The van der Waals surface area contributed by atoms with E-state index in [2.05, 4.69) is 157 Å². The van der Waals surface area contributed by atoms with Gasteiger partial charge in [0.05, 0.1) is 11.2 Å². The van der Waals surface area contributed by atoms with E-state index in [0.717, 1.165) is 43.9 Å². The minimum Gasteiger partial charge on any atom is -0.474 e. The van der Waals surface area contributed by atoms with E-state index in [1.165, 1.54) is 31.8 Å². The molecule has 2 aromatic heterocycles. The monoisotopic (exact) mass is 1220 g/mol. The molecule has 0 saturated heterocycles. The number of hydrogen-bond donors (Lipinski definition) is 0. The topological polar surface area (TPSA) is 26.3 Å². The van der Waals surface area contributed by atoms with Crippen LogP contribution in [0.2, 0.25) is 0 Å². The summed E-state index contributed by atoms with van der Waals surface area (Å²) in [6, 6.07) is 80.7. The van der Waals surface area contributed by atoms with Gasteiger partial charge in [-0.3, -0.25) is 11.8 Å². The van der Waals surface area contributed by atoms with Crippen LogP contribution in [-0.4, -0.2) is 0 Å². The third-order valence-electron chi connectivity index (χ3n) is 10.8. The number of furan rings is 2. The second kappa shape index (κ2) is 22.1. The molecule has 11 rings (SSSR count). The summed E-state index contributed by atoms with van der Waals surface area (Å²) in [5, 5.41) is 13.0. The molecule has 0 spiro atoms. The van der Waals surface area contributed by atoms with Crippen molar-refractivity contribution in [2.24, 2.45) is 0 Å². The third kappa shape index (κ3) is 9.89. The van der Waals surface area contributed by atoms with Gasteiger partial charge in [-0.05, 0) is 72.8 Å². The molecular formula is C58H40Au2O2P2+2. The summed E-state index contributed by atoms with van der Waals surface area (Å²) >= 11 is 0. The van der Waals surface area contributed by atoms with E-state index in [1.807, 2.05) is 84.9 Å². The fourth-order valence-corrected chi connectivity index (χ4v) is 14.0. The molecule has 0 aliphatic rings. The first-order chi connectivity index (χ1) is 30.7. The van der Waals surface area contributed by atoms with E-state index >= 15 is 0 Å². The van der Waals surface area contributed by atoms with Gasteiger partial charge in [0.25, 0.3) is 0 Å². The van der Waals surface area contributed by atoms with Crippen molar-refractivity contribution < 1.29 is 53.6 Å². The van der Waals surface area contributed by atoms with Gasteiger partial charge in [0, 0.05) is 21.5 Å². The van der Waals surface area contributed by atoms with Crippen LogP contribution in [0.3, 0.4) is 0 Å². The van der Waals surface area contributed by atoms with Crippen LogP contribution in [0.4, 0.5) is 0 Å². The molecule has 9 aromatic carbocycles. The van der Waals surface area contributed by atoms with Gasteiger partial charge in [0.1, 0.15) is 58.8 Å². The average molecular weight is 1220 g/mol. The Morgan fingerprint density at radius 1 is 0.297 bits per heavy atom. The van der Waals surface area contributed by atoms with Crippen LogP contribution in [-0.2, 0) is 44.8 Å². The standard InChI is InChI=1S/C30H24P2.2C14H7O.2Au/c1-5-15-25(16-6-1)31(26-17-7-2-8-18-26)29-23-13-14-24-30(29)32(27-19-9-3-10-20-27)28-21-11-4-12-22-28;2*1-2-10-6-5-8-12-11-7-3-4-9-13(11)15-14(10)12;;/h1-24H;2*3-9H;;/q;2*-1;2*+1/p+2. The summed E-state index contributed by atoms with van der Waals surface area (Å²) in [6.45, 7) is 0. The Labute approximate surface area is 408 Å². The van der Waals surface area contributed by atoms with Crippen molar-refractivity contribution in [2.45, 2.75) is 0 Å². The van der Waals surface area contributed by atoms with Gasteiger partial charge in [-0.25, -0.2) is 0 Å². The molecule has 2 heterocycles. The smallest absolute Gasteiger partial charge is 0.474 e. The van der Waals surface area contributed by atoms with Gasteiger partial charge >= 0.3 is 44.8 Å². The van der Waals surface area contributed by atoms with Crippen molar-refractivity contribution in [1.29, 1.82) is 0 Å². The van der Waals surface area contributed by atoms with Crippen molar-refractivity contribution in [3.05, 3.63) is 254 Å². The quantitative estimate of drug-likeness (QED) is 0.0718. The number of hydrogen-bond acceptors (Lipinski definition) is 2. The van der Waals surface area contributed by atoms with E-state index < -0.39 is 15.8 Å². The van der Waals surface area contributed by atoms with E-state index in [4.69, 9.17) is 21.7 Å². The van der Waals surface area contributed by atoms with Crippen molar-refractivity contribution in [1.82, 2.24) is 0 Å². The first kappa shape index (κ1) is 46.0. The van der Waals surface area contributed by atoms with Gasteiger partial charge < -0.3 is 21.7 Å². The number of fused-ring (bicyclic) bond motifs is 6. The van der Waals surface area contributed by atoms with E-state index in [-0.39, 0.29) is 44.8 Å². The predicted molar refractivity (Wildman–Crippen MR) is 267 cm³/mol. The molecule has 0 N–H and O–H groups in total. The van der Waals surface area contributed by atoms with Crippen LogP contribution < -0.4 is 31.8 Å². The second-order valence-electron chi connectivity index (χ2n) is 14.6. The van der Waals surface area contributed by atoms with Crippen molar-refractivity contribution in [3.63, 3.8) is 0 Å². The largest absolute Gasteiger partial charge is 1.00 e. The Kier molecular flexibility index (Phi) is 15.9. The first-order valence-corrected chi connectivity index (χ1v) is 23.4. The normalized spacial score (nSPS) is 10.5. The van der Waals surface area contributed by atoms with Crippen LogP contribution in [0.15, 0.2) is 239 Å². The Morgan fingerprint density at radius 2 is 0.578 bits per heavy atom. The van der Waals surface area contributed by atoms with Crippen LogP contribution in [0.25, 0.3) is 43.9 Å². The number of benzene rings is 9. The Bertz CT molecular complexity index is 3030. The summed E-state index contributed by atoms with van der Waals surface area (Å²) in [4.78, 5) is 0. The van der Waals surface area contributed by atoms with Gasteiger partial charge in [-0.1, -0.05) is 157 Å². The molecule has 11 aromatic rings. The molecule has 64 heavy (non-hydrogen) atoms. The SMILES string of the molecule is [Au+].[Au+].[C-]#Cc1cccc2c1oc1ccccc12.[C-]#Cc1cccc2c1oc1ccccc12.c1ccc([PH+](c2ccccc2)c2ccccc2[PH+](c2ccccc2)c2ccccc2)cc1. The zero-order valence-electron chi connectivity index (χ0n) is 34.4. The maximum atomic E-state index is 7.19. The average Bonchev–Trinajstić information content (AvgIpc) is 3.93. The van der Waals surface area contributed by atoms with Gasteiger partial charge in [0.15, 0.2) is 0 Å². The van der Waals surface area contributed by atoms with Crippen molar-refractivity contribution in [2.75, 3.05) is 0 Å². The first-order valence-electron chi connectivity index (χ1n) is 20.4. The van der Waals surface area contributed by atoms with Crippen LogP contribution >= 0.6 is 15.8 Å². The van der Waals surface area contributed by atoms with Crippen LogP contribution in [0.5, 0.6) is 0 Å². The Morgan fingerprint density at radius 3 is 0.906 bits per heavy atom. The van der Waals surface area contributed by atoms with Gasteiger partial charge in [-0.15, -0.1) is 12.1 Å². The van der Waals surface area contributed by atoms with Crippen molar-refractivity contribution in [3.8, 4) is 11.8 Å². The third-order valence-corrected chi connectivity index (χ3v) is 16.6. The minimum absolute atomic E-state index is 0. The molecule has 0 bridgehead atoms. The van der Waals surface area contributed by atoms with Crippen LogP contribution in [0, 0.1) is 24.7 Å². The minimum atomic E-state index is -1.14. The fraction of sp³-hybridized carbons (Fsp3) is 0. The Balaban J connectivity index is 0.000000159. The molecule has 0 fully saturated rings. The molecular weight excluding hydrogens is 1180 g/mol.